The molecule has 0 aliphatic rings. The molecule has 0 aliphatic heterocycles. The minimum absolute atomic E-state index is 0.0490. The molecule has 0 unspecified atom stereocenters. The Hall–Kier alpha value is -1.76. The number of rotatable bonds is 2. The van der Waals surface area contributed by atoms with Crippen molar-refractivity contribution in [2.75, 3.05) is 5.73 Å². The van der Waals surface area contributed by atoms with Gasteiger partial charge in [-0.25, -0.2) is 0 Å². The van der Waals surface area contributed by atoms with Crippen LogP contribution in [0.3, 0.4) is 0 Å². The number of nitrogen functional groups attached to an aromatic ring is 1. The molecule has 0 fully saturated rings. The molecule has 2 heterocycles. The van der Waals surface area contributed by atoms with Gasteiger partial charge in [-0.05, 0) is 6.07 Å². The zero-order valence-corrected chi connectivity index (χ0v) is 12.0. The second-order valence-electron chi connectivity index (χ2n) is 3.82. The zero-order valence-electron chi connectivity index (χ0n) is 9.69. The second kappa shape index (κ2) is 4.97. The highest BCUT2D eigenvalue weighted by Crippen LogP contribution is 2.37. The second-order valence-corrected chi connectivity index (χ2v) is 5.04. The third-order valence-electron chi connectivity index (χ3n) is 2.47. The number of aromatic nitrogens is 4. The zero-order chi connectivity index (χ0) is 14.3. The van der Waals surface area contributed by atoms with Gasteiger partial charge in [0.2, 0.25) is 11.8 Å². The van der Waals surface area contributed by atoms with Gasteiger partial charge in [-0.15, -0.1) is 0 Å². The number of nitrogens with zero attached hydrogens (tertiary/aromatic N) is 3. The van der Waals surface area contributed by atoms with Gasteiger partial charge in [-0.1, -0.05) is 34.8 Å². The standard InChI is InChI=1S/C11H6Cl3N5O/c12-5-1-7(14)8(2-6(5)13)20-10-4-3-16-19-9(4)17-11(15)18-10/h1-3H,(H3,15,16,17,18,19). The van der Waals surface area contributed by atoms with Crippen LogP contribution < -0.4 is 10.5 Å². The molecule has 6 nitrogen and oxygen atoms in total. The molecule has 0 atom stereocenters. The number of hydrogen-bond donors (Lipinski definition) is 2. The van der Waals surface area contributed by atoms with E-state index in [-0.39, 0.29) is 11.8 Å². The molecule has 2 aromatic heterocycles. The summed E-state index contributed by atoms with van der Waals surface area (Å²) in [5, 5.41) is 8.06. The SMILES string of the molecule is Nc1nc(Oc2cc(Cl)c(Cl)cc2Cl)c2cn[nH]c2n1. The van der Waals surface area contributed by atoms with Crippen LogP contribution in [-0.2, 0) is 0 Å². The number of nitrogens with two attached hydrogens (primary N) is 1. The quantitative estimate of drug-likeness (QED) is 0.699. The number of nitrogens with one attached hydrogen (secondary N) is 1. The number of benzene rings is 1. The molecule has 0 radical (unpaired) electrons. The number of ether oxygens (including phenoxy) is 1. The molecular weight excluding hydrogens is 325 g/mol. The first-order valence-corrected chi connectivity index (χ1v) is 6.47. The topological polar surface area (TPSA) is 89.7 Å². The smallest absolute Gasteiger partial charge is 0.235 e. The fraction of sp³-hybridized carbons (Fsp3) is 0. The molecule has 1 aromatic carbocycles. The Morgan fingerprint density at radius 1 is 1.05 bits per heavy atom. The molecule has 102 valence electrons. The predicted octanol–water partition coefficient (Wildman–Crippen LogP) is 3.69. The summed E-state index contributed by atoms with van der Waals surface area (Å²) >= 11 is 17.8. The maximum Gasteiger partial charge on any atom is 0.235 e. The van der Waals surface area contributed by atoms with Gasteiger partial charge in [0, 0.05) is 6.07 Å². The van der Waals surface area contributed by atoms with Crippen LogP contribution >= 0.6 is 34.8 Å². The summed E-state index contributed by atoms with van der Waals surface area (Å²) in [4.78, 5) is 7.99. The van der Waals surface area contributed by atoms with Gasteiger partial charge in [0.05, 0.1) is 21.3 Å². The van der Waals surface area contributed by atoms with Gasteiger partial charge in [-0.3, -0.25) is 5.10 Å². The highest BCUT2D eigenvalue weighted by molar-refractivity contribution is 6.43. The van der Waals surface area contributed by atoms with Crippen molar-refractivity contribution in [1.82, 2.24) is 20.2 Å². The van der Waals surface area contributed by atoms with Gasteiger partial charge >= 0.3 is 0 Å². The van der Waals surface area contributed by atoms with Crippen molar-refractivity contribution in [3.05, 3.63) is 33.4 Å². The van der Waals surface area contributed by atoms with Gasteiger partial charge in [0.15, 0.2) is 5.65 Å². The van der Waals surface area contributed by atoms with Crippen LogP contribution in [0.2, 0.25) is 15.1 Å². The number of aromatic amines is 1. The minimum Gasteiger partial charge on any atom is -0.436 e. The average molecular weight is 331 g/mol. The van der Waals surface area contributed by atoms with Gasteiger partial charge in [0.25, 0.3) is 0 Å². The van der Waals surface area contributed by atoms with Crippen molar-refractivity contribution in [3.8, 4) is 11.6 Å². The van der Waals surface area contributed by atoms with E-state index in [4.69, 9.17) is 45.3 Å². The Kier molecular flexibility index (Phi) is 3.29. The molecule has 0 spiro atoms. The van der Waals surface area contributed by atoms with Crippen molar-refractivity contribution in [3.63, 3.8) is 0 Å². The molecule has 0 bridgehead atoms. The molecule has 3 aromatic rings. The Labute approximate surface area is 127 Å². The maximum atomic E-state index is 6.05. The number of H-pyrrole nitrogens is 1. The van der Waals surface area contributed by atoms with E-state index < -0.39 is 0 Å². The maximum absolute atomic E-state index is 6.05. The third-order valence-corrected chi connectivity index (χ3v) is 3.49. The molecule has 0 aliphatic carbocycles. The van der Waals surface area contributed by atoms with Crippen LogP contribution in [0.5, 0.6) is 11.6 Å². The Morgan fingerprint density at radius 3 is 2.60 bits per heavy atom. The molecule has 9 heteroatoms. The molecule has 3 N–H and O–H groups in total. The number of hydrogen-bond acceptors (Lipinski definition) is 5. The first-order chi connectivity index (χ1) is 9.54. The van der Waals surface area contributed by atoms with E-state index in [0.29, 0.717) is 31.9 Å². The monoisotopic (exact) mass is 329 g/mol. The summed E-state index contributed by atoms with van der Waals surface area (Å²) in [6.45, 7) is 0. The Balaban J connectivity index is 2.09. The lowest BCUT2D eigenvalue weighted by Crippen LogP contribution is -1.98. The van der Waals surface area contributed by atoms with Crippen LogP contribution in [-0.4, -0.2) is 20.2 Å². The first-order valence-electron chi connectivity index (χ1n) is 5.33. The number of halogens is 3. The Morgan fingerprint density at radius 2 is 1.80 bits per heavy atom. The van der Waals surface area contributed by atoms with Gasteiger partial charge in [0.1, 0.15) is 11.1 Å². The van der Waals surface area contributed by atoms with Crippen LogP contribution in [0.15, 0.2) is 18.3 Å². The van der Waals surface area contributed by atoms with E-state index in [0.717, 1.165) is 0 Å². The lowest BCUT2D eigenvalue weighted by molar-refractivity contribution is 0.469. The molecule has 3 rings (SSSR count). The summed E-state index contributed by atoms with van der Waals surface area (Å²) in [6.07, 6.45) is 1.52. The molecular formula is C11H6Cl3N5O. The van der Waals surface area contributed by atoms with Gasteiger partial charge < -0.3 is 10.5 Å². The lowest BCUT2D eigenvalue weighted by atomic mass is 10.3. The first kappa shape index (κ1) is 13.2. The number of anilines is 1. The molecule has 0 saturated heterocycles. The van der Waals surface area contributed by atoms with E-state index in [2.05, 4.69) is 20.2 Å². The largest absolute Gasteiger partial charge is 0.436 e. The van der Waals surface area contributed by atoms with Crippen molar-refractivity contribution in [1.29, 1.82) is 0 Å². The molecule has 0 amide bonds. The van der Waals surface area contributed by atoms with E-state index in [1.165, 1.54) is 18.3 Å². The van der Waals surface area contributed by atoms with Crippen LogP contribution in [0.4, 0.5) is 5.95 Å². The van der Waals surface area contributed by atoms with Crippen molar-refractivity contribution < 1.29 is 4.74 Å². The fourth-order valence-corrected chi connectivity index (χ4v) is 2.16. The van der Waals surface area contributed by atoms with Crippen LogP contribution in [0.1, 0.15) is 0 Å². The lowest BCUT2D eigenvalue weighted by Gasteiger charge is -2.09. The summed E-state index contributed by atoms with van der Waals surface area (Å²) in [7, 11) is 0. The van der Waals surface area contributed by atoms with E-state index >= 15 is 0 Å². The normalized spacial score (nSPS) is 10.9. The fourth-order valence-electron chi connectivity index (χ4n) is 1.59. The molecule has 0 saturated carbocycles. The van der Waals surface area contributed by atoms with Crippen molar-refractivity contribution in [2.24, 2.45) is 0 Å². The van der Waals surface area contributed by atoms with E-state index in [9.17, 15) is 0 Å². The highest BCUT2D eigenvalue weighted by atomic mass is 35.5. The van der Waals surface area contributed by atoms with Crippen LogP contribution in [0.25, 0.3) is 11.0 Å². The number of fused-ring (bicyclic) bond motifs is 1. The van der Waals surface area contributed by atoms with Gasteiger partial charge in [-0.2, -0.15) is 15.1 Å². The van der Waals surface area contributed by atoms with Crippen LogP contribution in [0, 0.1) is 0 Å². The Bertz CT molecular complexity index is 804. The minimum atomic E-state index is 0.0490. The molecule has 20 heavy (non-hydrogen) atoms. The van der Waals surface area contributed by atoms with E-state index in [1.807, 2.05) is 0 Å². The average Bonchev–Trinajstić information content (AvgIpc) is 2.84. The van der Waals surface area contributed by atoms with Crippen molar-refractivity contribution in [2.45, 2.75) is 0 Å². The summed E-state index contributed by atoms with van der Waals surface area (Å²) in [5.41, 5.74) is 6.06. The summed E-state index contributed by atoms with van der Waals surface area (Å²) < 4.78 is 5.63. The summed E-state index contributed by atoms with van der Waals surface area (Å²) in [5.74, 6) is 0.580. The highest BCUT2D eigenvalue weighted by Gasteiger charge is 2.13. The van der Waals surface area contributed by atoms with Crippen molar-refractivity contribution >= 4 is 51.8 Å². The third kappa shape index (κ3) is 2.33. The van der Waals surface area contributed by atoms with E-state index in [1.54, 1.807) is 0 Å². The summed E-state index contributed by atoms with van der Waals surface area (Å²) in [6, 6.07) is 2.98. The predicted molar refractivity (Wildman–Crippen MR) is 77.6 cm³/mol.